The van der Waals surface area contributed by atoms with Crippen LogP contribution in [0.25, 0.3) is 0 Å². The van der Waals surface area contributed by atoms with E-state index in [1.807, 2.05) is 36.4 Å². The van der Waals surface area contributed by atoms with Gasteiger partial charge in [-0.1, -0.05) is 72.8 Å². The maximum absolute atomic E-state index is 12.2. The van der Waals surface area contributed by atoms with Crippen molar-refractivity contribution in [3.05, 3.63) is 111 Å². The van der Waals surface area contributed by atoms with Crippen LogP contribution in [0.15, 0.2) is 78.0 Å². The summed E-state index contributed by atoms with van der Waals surface area (Å²) in [5.41, 5.74) is 5.82. The van der Waals surface area contributed by atoms with Crippen molar-refractivity contribution in [1.29, 1.82) is 0 Å². The Balaban J connectivity index is 2.03. The van der Waals surface area contributed by atoms with E-state index < -0.39 is 5.54 Å². The average Bonchev–Trinajstić information content (AvgIpc) is 2.61. The van der Waals surface area contributed by atoms with Crippen molar-refractivity contribution in [3.63, 3.8) is 0 Å². The van der Waals surface area contributed by atoms with Gasteiger partial charge in [0.15, 0.2) is 5.54 Å². The molecule has 0 saturated heterocycles. The molecule has 2 bridgehead atoms. The lowest BCUT2D eigenvalue weighted by Gasteiger charge is -2.46. The molecular weight excluding hydrogens is 270 g/mol. The number of nitroso groups, excluding NO2 is 1. The molecule has 0 spiro atoms. The fourth-order valence-corrected chi connectivity index (χ4v) is 4.32. The predicted molar refractivity (Wildman–Crippen MR) is 85.9 cm³/mol. The standard InChI is InChI=1S/C20H13NO/c22-21-20-16-10-4-1-7-13(16)19(14-8-2-5-11-17(14)20)15-9-3-6-12-18(15)20/h1-12,19H. The minimum absolute atomic E-state index is 0.201. The highest BCUT2D eigenvalue weighted by atomic mass is 16.3. The van der Waals surface area contributed by atoms with Crippen molar-refractivity contribution in [1.82, 2.24) is 0 Å². The quantitative estimate of drug-likeness (QED) is 0.602. The maximum Gasteiger partial charge on any atom is 0.178 e. The molecule has 0 aliphatic heterocycles. The summed E-state index contributed by atoms with van der Waals surface area (Å²) in [5, 5.41) is 3.71. The van der Waals surface area contributed by atoms with Crippen LogP contribution in [0.4, 0.5) is 0 Å². The smallest absolute Gasteiger partial charge is 0.149 e. The Morgan fingerprint density at radius 1 is 0.636 bits per heavy atom. The molecule has 0 saturated carbocycles. The molecule has 3 aliphatic rings. The van der Waals surface area contributed by atoms with Gasteiger partial charge in [0.25, 0.3) is 0 Å². The number of benzene rings is 3. The molecule has 0 aromatic heterocycles. The third-order valence-electron chi connectivity index (χ3n) is 5.12. The Morgan fingerprint density at radius 2 is 1.00 bits per heavy atom. The van der Waals surface area contributed by atoms with Gasteiger partial charge in [-0.2, -0.15) is 0 Å². The van der Waals surface area contributed by atoms with Crippen LogP contribution in [0.2, 0.25) is 0 Å². The molecule has 0 N–H and O–H groups in total. The van der Waals surface area contributed by atoms with Gasteiger partial charge in [0.05, 0.1) is 0 Å². The van der Waals surface area contributed by atoms with Crippen molar-refractivity contribution < 1.29 is 0 Å². The normalized spacial score (nSPS) is 23.4. The summed E-state index contributed by atoms with van der Waals surface area (Å²) in [4.78, 5) is 12.2. The summed E-state index contributed by atoms with van der Waals surface area (Å²) in [6.07, 6.45) is 0. The Labute approximate surface area is 128 Å². The largest absolute Gasteiger partial charge is 0.178 e. The minimum Gasteiger partial charge on any atom is -0.149 e. The van der Waals surface area contributed by atoms with Gasteiger partial charge in [-0.25, -0.2) is 0 Å². The van der Waals surface area contributed by atoms with Crippen molar-refractivity contribution >= 4 is 0 Å². The molecule has 2 nitrogen and oxygen atoms in total. The van der Waals surface area contributed by atoms with Gasteiger partial charge < -0.3 is 0 Å². The van der Waals surface area contributed by atoms with Crippen LogP contribution < -0.4 is 0 Å². The fourth-order valence-electron chi connectivity index (χ4n) is 4.32. The van der Waals surface area contributed by atoms with Gasteiger partial charge in [-0.05, 0) is 38.6 Å². The van der Waals surface area contributed by atoms with E-state index in [4.69, 9.17) is 0 Å². The van der Waals surface area contributed by atoms with E-state index in [2.05, 4.69) is 41.6 Å². The van der Waals surface area contributed by atoms with E-state index >= 15 is 0 Å². The second-order valence-corrected chi connectivity index (χ2v) is 6.00. The van der Waals surface area contributed by atoms with Crippen LogP contribution in [0.3, 0.4) is 0 Å². The first-order chi connectivity index (χ1) is 10.9. The van der Waals surface area contributed by atoms with E-state index in [-0.39, 0.29) is 5.92 Å². The van der Waals surface area contributed by atoms with Crippen molar-refractivity contribution in [2.45, 2.75) is 11.5 Å². The molecule has 0 heterocycles. The monoisotopic (exact) mass is 283 g/mol. The summed E-state index contributed by atoms with van der Waals surface area (Å²) < 4.78 is 0. The molecular formula is C20H13NO. The van der Waals surface area contributed by atoms with Crippen LogP contribution in [0.1, 0.15) is 39.3 Å². The summed E-state index contributed by atoms with van der Waals surface area (Å²) >= 11 is 0. The molecule has 0 fully saturated rings. The van der Waals surface area contributed by atoms with Crippen LogP contribution in [-0.2, 0) is 5.54 Å². The molecule has 22 heavy (non-hydrogen) atoms. The van der Waals surface area contributed by atoms with E-state index in [1.165, 1.54) is 16.7 Å². The first-order valence-electron chi connectivity index (χ1n) is 7.50. The second kappa shape index (κ2) is 3.92. The van der Waals surface area contributed by atoms with Gasteiger partial charge in [-0.15, -0.1) is 4.91 Å². The van der Waals surface area contributed by atoms with Crippen LogP contribution >= 0.6 is 0 Å². The average molecular weight is 283 g/mol. The molecule has 3 aromatic carbocycles. The maximum atomic E-state index is 12.2. The summed E-state index contributed by atoms with van der Waals surface area (Å²) in [7, 11) is 0. The van der Waals surface area contributed by atoms with Crippen molar-refractivity contribution in [3.8, 4) is 0 Å². The van der Waals surface area contributed by atoms with E-state index in [0.29, 0.717) is 0 Å². The lowest BCUT2D eigenvalue weighted by Crippen LogP contribution is -2.40. The summed E-state index contributed by atoms with van der Waals surface area (Å²) in [6, 6.07) is 24.7. The molecule has 2 heteroatoms. The molecule has 3 aromatic rings. The number of nitrogens with zero attached hydrogens (tertiary/aromatic N) is 1. The highest BCUT2D eigenvalue weighted by molar-refractivity contribution is 5.71. The highest BCUT2D eigenvalue weighted by Crippen LogP contribution is 2.59. The first kappa shape index (κ1) is 11.9. The molecule has 0 atom stereocenters. The Morgan fingerprint density at radius 3 is 1.36 bits per heavy atom. The van der Waals surface area contributed by atoms with Crippen LogP contribution in [0.5, 0.6) is 0 Å². The van der Waals surface area contributed by atoms with E-state index in [9.17, 15) is 4.91 Å². The molecule has 104 valence electrons. The Bertz CT molecular complexity index is 813. The molecule has 0 radical (unpaired) electrons. The summed E-state index contributed by atoms with van der Waals surface area (Å²) in [5.74, 6) is 0.201. The Kier molecular flexibility index (Phi) is 2.11. The lowest BCUT2D eigenvalue weighted by molar-refractivity contribution is 0.565. The second-order valence-electron chi connectivity index (χ2n) is 6.00. The zero-order valence-electron chi connectivity index (χ0n) is 11.9. The van der Waals surface area contributed by atoms with Gasteiger partial charge in [0.1, 0.15) is 0 Å². The van der Waals surface area contributed by atoms with Gasteiger partial charge >= 0.3 is 0 Å². The first-order valence-corrected chi connectivity index (χ1v) is 7.50. The zero-order chi connectivity index (χ0) is 14.7. The molecule has 0 amide bonds. The van der Waals surface area contributed by atoms with E-state index in [0.717, 1.165) is 16.7 Å². The third-order valence-corrected chi connectivity index (χ3v) is 5.12. The fraction of sp³-hybridized carbons (Fsp3) is 0.100. The van der Waals surface area contributed by atoms with Crippen molar-refractivity contribution in [2.24, 2.45) is 5.18 Å². The molecule has 3 aliphatic carbocycles. The topological polar surface area (TPSA) is 29.4 Å². The number of rotatable bonds is 1. The lowest BCUT2D eigenvalue weighted by atomic mass is 9.57. The summed E-state index contributed by atoms with van der Waals surface area (Å²) in [6.45, 7) is 0. The zero-order valence-corrected chi connectivity index (χ0v) is 11.9. The SMILES string of the molecule is O=NC12c3ccccc3C(c3ccccc31)c1ccccc12. The third kappa shape index (κ3) is 1.14. The minimum atomic E-state index is -0.904. The highest BCUT2D eigenvalue weighted by Gasteiger charge is 2.52. The van der Waals surface area contributed by atoms with Crippen molar-refractivity contribution in [2.75, 3.05) is 0 Å². The number of hydrogen-bond acceptors (Lipinski definition) is 2. The Hall–Kier alpha value is -2.74. The van der Waals surface area contributed by atoms with Gasteiger partial charge in [0, 0.05) is 5.92 Å². The van der Waals surface area contributed by atoms with E-state index in [1.54, 1.807) is 0 Å². The van der Waals surface area contributed by atoms with Gasteiger partial charge in [-0.3, -0.25) is 0 Å². The molecule has 6 rings (SSSR count). The predicted octanol–water partition coefficient (Wildman–Crippen LogP) is 4.55. The number of hydrogen-bond donors (Lipinski definition) is 0. The van der Waals surface area contributed by atoms with Crippen LogP contribution in [0, 0.1) is 4.91 Å². The molecule has 0 unspecified atom stereocenters. The van der Waals surface area contributed by atoms with Gasteiger partial charge in [0.2, 0.25) is 0 Å². The van der Waals surface area contributed by atoms with Crippen LogP contribution in [-0.4, -0.2) is 0 Å².